The zero-order valence-corrected chi connectivity index (χ0v) is 14.9. The lowest BCUT2D eigenvalue weighted by Gasteiger charge is -2.34. The molecule has 0 saturated carbocycles. The van der Waals surface area contributed by atoms with Gasteiger partial charge in [0.1, 0.15) is 15.4 Å². The van der Waals surface area contributed by atoms with Crippen molar-refractivity contribution in [1.82, 2.24) is 20.2 Å². The molecule has 8 heteroatoms. The van der Waals surface area contributed by atoms with Crippen LogP contribution in [0.1, 0.15) is 5.56 Å². The minimum Gasteiger partial charge on any atom is -0.465 e. The third kappa shape index (κ3) is 3.21. The number of carboxylic acid groups (broad SMARTS) is 1. The minimum atomic E-state index is -0.874. The first-order valence-electron chi connectivity index (χ1n) is 8.42. The Balaban J connectivity index is 1.62. The largest absolute Gasteiger partial charge is 0.465 e. The van der Waals surface area contributed by atoms with Crippen LogP contribution < -0.4 is 11.1 Å². The van der Waals surface area contributed by atoms with Crippen LogP contribution in [0.2, 0.25) is 0 Å². The fraction of sp³-hybridized carbons (Fsp3) is 0.278. The summed E-state index contributed by atoms with van der Waals surface area (Å²) >= 11 is 1.51. The van der Waals surface area contributed by atoms with Gasteiger partial charge in [-0.2, -0.15) is 0 Å². The third-order valence-corrected chi connectivity index (χ3v) is 5.58. The highest BCUT2D eigenvalue weighted by Crippen LogP contribution is 2.32. The van der Waals surface area contributed by atoms with E-state index in [4.69, 9.17) is 5.73 Å². The Bertz CT molecular complexity index is 958. The maximum absolute atomic E-state index is 11.4. The molecule has 1 unspecified atom stereocenters. The molecule has 7 nitrogen and oxygen atoms in total. The third-order valence-electron chi connectivity index (χ3n) is 4.56. The maximum Gasteiger partial charge on any atom is 0.407 e. The highest BCUT2D eigenvalue weighted by molar-refractivity contribution is 7.21. The number of nitrogens with zero attached hydrogens (tertiary/aromatic N) is 3. The number of thiazole rings is 1. The van der Waals surface area contributed by atoms with Crippen molar-refractivity contribution in [2.24, 2.45) is 0 Å². The first kappa shape index (κ1) is 16.7. The normalized spacial score (nSPS) is 17.5. The van der Waals surface area contributed by atoms with Crippen LogP contribution in [0.5, 0.6) is 0 Å². The van der Waals surface area contributed by atoms with E-state index in [1.807, 2.05) is 36.5 Å². The average molecular weight is 369 g/mol. The molecule has 1 aromatic carbocycles. The molecule has 134 valence electrons. The number of carbonyl (C=O) groups is 1. The fourth-order valence-corrected chi connectivity index (χ4v) is 4.19. The van der Waals surface area contributed by atoms with Crippen LogP contribution in [-0.4, -0.2) is 51.7 Å². The molecule has 26 heavy (non-hydrogen) atoms. The minimum absolute atomic E-state index is 0.0941. The van der Waals surface area contributed by atoms with E-state index < -0.39 is 6.09 Å². The number of nitrogens with one attached hydrogen (secondary N) is 1. The van der Waals surface area contributed by atoms with E-state index in [0.717, 1.165) is 26.5 Å². The Morgan fingerprint density at radius 2 is 2.27 bits per heavy atom. The van der Waals surface area contributed by atoms with Crippen molar-refractivity contribution in [3.05, 3.63) is 42.1 Å². The topological polar surface area (TPSA) is 104 Å². The Morgan fingerprint density at radius 3 is 3.08 bits per heavy atom. The van der Waals surface area contributed by atoms with Gasteiger partial charge in [-0.05, 0) is 30.2 Å². The number of pyridine rings is 1. The van der Waals surface area contributed by atoms with E-state index in [9.17, 15) is 9.90 Å². The molecule has 1 atom stereocenters. The number of benzene rings is 1. The first-order chi connectivity index (χ1) is 12.6. The molecule has 0 radical (unpaired) electrons. The van der Waals surface area contributed by atoms with Gasteiger partial charge in [-0.3, -0.25) is 0 Å². The number of anilines is 1. The van der Waals surface area contributed by atoms with E-state index in [2.05, 4.69) is 15.3 Å². The van der Waals surface area contributed by atoms with E-state index in [1.54, 1.807) is 0 Å². The Kier molecular flexibility index (Phi) is 4.44. The van der Waals surface area contributed by atoms with E-state index >= 15 is 0 Å². The molecule has 3 aromatic rings. The highest BCUT2D eigenvalue weighted by Gasteiger charge is 2.26. The van der Waals surface area contributed by atoms with E-state index in [1.165, 1.54) is 16.2 Å². The van der Waals surface area contributed by atoms with Gasteiger partial charge in [-0.25, -0.2) is 14.8 Å². The molecule has 1 aliphatic heterocycles. The predicted molar refractivity (Wildman–Crippen MR) is 102 cm³/mol. The van der Waals surface area contributed by atoms with Crippen LogP contribution in [0.4, 0.5) is 10.5 Å². The molecule has 1 aliphatic rings. The second kappa shape index (κ2) is 6.89. The van der Waals surface area contributed by atoms with Crippen LogP contribution in [0.15, 0.2) is 36.5 Å². The van der Waals surface area contributed by atoms with Crippen LogP contribution in [0.25, 0.3) is 20.9 Å². The smallest absolute Gasteiger partial charge is 0.407 e. The zero-order valence-electron chi connectivity index (χ0n) is 14.1. The van der Waals surface area contributed by atoms with Gasteiger partial charge in [0.25, 0.3) is 0 Å². The molecular weight excluding hydrogens is 350 g/mol. The van der Waals surface area contributed by atoms with Gasteiger partial charge in [-0.1, -0.05) is 23.5 Å². The summed E-state index contributed by atoms with van der Waals surface area (Å²) in [6.45, 7) is 1.84. The van der Waals surface area contributed by atoms with E-state index in [-0.39, 0.29) is 6.04 Å². The van der Waals surface area contributed by atoms with Crippen molar-refractivity contribution >= 4 is 33.5 Å². The van der Waals surface area contributed by atoms with Gasteiger partial charge in [0.05, 0.1) is 6.04 Å². The van der Waals surface area contributed by atoms with Crippen molar-refractivity contribution in [1.29, 1.82) is 0 Å². The number of nitrogens with two attached hydrogens (primary N) is 1. The number of nitrogen functional groups attached to an aromatic ring is 1. The summed E-state index contributed by atoms with van der Waals surface area (Å²) in [5, 5.41) is 13.5. The van der Waals surface area contributed by atoms with Gasteiger partial charge in [0, 0.05) is 37.1 Å². The molecule has 2 aromatic heterocycles. The summed E-state index contributed by atoms with van der Waals surface area (Å²) in [7, 11) is 0. The van der Waals surface area contributed by atoms with Crippen molar-refractivity contribution in [2.45, 2.75) is 12.5 Å². The van der Waals surface area contributed by atoms with Gasteiger partial charge in [0.2, 0.25) is 0 Å². The number of aromatic nitrogens is 2. The summed E-state index contributed by atoms with van der Waals surface area (Å²) in [6, 6.07) is 9.55. The van der Waals surface area contributed by atoms with Gasteiger partial charge >= 0.3 is 6.09 Å². The molecule has 3 heterocycles. The van der Waals surface area contributed by atoms with Gasteiger partial charge < -0.3 is 21.1 Å². The molecule has 4 rings (SSSR count). The molecule has 0 aliphatic carbocycles. The lowest BCUT2D eigenvalue weighted by molar-refractivity contribution is 0.112. The maximum atomic E-state index is 11.4. The standard InChI is InChI=1S/C18H19N5O2S/c19-14-4-2-1-3-13(14)16-22-15-8-11(9-21-17(15)26-16)7-12-10-20-5-6-23(12)18(24)25/h1-4,8-9,12,20H,5-7,10,19H2,(H,24,25). The van der Waals surface area contributed by atoms with Crippen LogP contribution >= 0.6 is 11.3 Å². The number of piperazine rings is 1. The summed E-state index contributed by atoms with van der Waals surface area (Å²) in [4.78, 5) is 23.0. The summed E-state index contributed by atoms with van der Waals surface area (Å²) in [6.07, 6.45) is 1.55. The van der Waals surface area contributed by atoms with Crippen molar-refractivity contribution in [3.8, 4) is 10.6 Å². The number of hydrogen-bond acceptors (Lipinski definition) is 6. The van der Waals surface area contributed by atoms with Crippen molar-refractivity contribution in [3.63, 3.8) is 0 Å². The number of hydrogen-bond donors (Lipinski definition) is 3. The Hall–Kier alpha value is -2.71. The quantitative estimate of drug-likeness (QED) is 0.613. The number of amides is 1. The number of rotatable bonds is 3. The average Bonchev–Trinajstić information content (AvgIpc) is 3.05. The lowest BCUT2D eigenvalue weighted by atomic mass is 10.0. The van der Waals surface area contributed by atoms with Crippen LogP contribution in [0.3, 0.4) is 0 Å². The first-order valence-corrected chi connectivity index (χ1v) is 9.24. The molecule has 0 bridgehead atoms. The summed E-state index contributed by atoms with van der Waals surface area (Å²) in [5.74, 6) is 0. The molecular formula is C18H19N5O2S. The second-order valence-corrected chi connectivity index (χ2v) is 7.29. The van der Waals surface area contributed by atoms with Crippen molar-refractivity contribution in [2.75, 3.05) is 25.4 Å². The number of fused-ring (bicyclic) bond motifs is 1. The molecule has 1 saturated heterocycles. The fourth-order valence-electron chi connectivity index (χ4n) is 3.25. The summed E-state index contributed by atoms with van der Waals surface area (Å²) < 4.78 is 0. The van der Waals surface area contributed by atoms with Gasteiger partial charge in [0.15, 0.2) is 0 Å². The van der Waals surface area contributed by atoms with Crippen LogP contribution in [0, 0.1) is 0 Å². The number of para-hydroxylation sites is 1. The zero-order chi connectivity index (χ0) is 18.1. The Morgan fingerprint density at radius 1 is 1.42 bits per heavy atom. The molecule has 1 amide bonds. The van der Waals surface area contributed by atoms with E-state index in [0.29, 0.717) is 31.7 Å². The molecule has 1 fully saturated rings. The lowest BCUT2D eigenvalue weighted by Crippen LogP contribution is -2.54. The molecule has 4 N–H and O–H groups in total. The Labute approximate surface area is 154 Å². The summed E-state index contributed by atoms with van der Waals surface area (Å²) in [5.41, 5.74) is 9.45. The second-order valence-electron chi connectivity index (χ2n) is 6.31. The monoisotopic (exact) mass is 369 g/mol. The SMILES string of the molecule is Nc1ccccc1-c1nc2cc(CC3CNCCN3C(=O)O)cnc2s1. The predicted octanol–water partition coefficient (Wildman–Crippen LogP) is 2.43. The molecule has 0 spiro atoms. The van der Waals surface area contributed by atoms with Crippen LogP contribution in [-0.2, 0) is 6.42 Å². The highest BCUT2D eigenvalue weighted by atomic mass is 32.1. The van der Waals surface area contributed by atoms with Gasteiger partial charge in [-0.15, -0.1) is 0 Å². The van der Waals surface area contributed by atoms with Crippen molar-refractivity contribution < 1.29 is 9.90 Å².